The van der Waals surface area contributed by atoms with E-state index in [0.29, 0.717) is 16.8 Å². The fourth-order valence-electron chi connectivity index (χ4n) is 2.04. The molecule has 1 unspecified atom stereocenters. The van der Waals surface area contributed by atoms with Gasteiger partial charge in [-0.1, -0.05) is 24.3 Å². The molecule has 5 heteroatoms. The molecule has 2 aromatic rings. The summed E-state index contributed by atoms with van der Waals surface area (Å²) in [5.74, 6) is -0.500. The maximum Gasteiger partial charge on any atom is 0.230 e. The van der Waals surface area contributed by atoms with Gasteiger partial charge in [0.1, 0.15) is 5.82 Å². The molecule has 0 bridgehead atoms. The summed E-state index contributed by atoms with van der Waals surface area (Å²) >= 11 is 0. The maximum atomic E-state index is 14.1. The van der Waals surface area contributed by atoms with E-state index in [-0.39, 0.29) is 17.8 Å². The molecule has 2 rings (SSSR count). The van der Waals surface area contributed by atoms with Crippen molar-refractivity contribution in [3.63, 3.8) is 0 Å². The molecule has 0 saturated heterocycles. The predicted molar refractivity (Wildman–Crippen MR) is 83.7 cm³/mol. The molecule has 22 heavy (non-hydrogen) atoms. The van der Waals surface area contributed by atoms with Crippen LogP contribution in [0.25, 0.3) is 17.3 Å². The first kappa shape index (κ1) is 16.1. The largest absolute Gasteiger partial charge is 0.492 e. The van der Waals surface area contributed by atoms with Crippen LogP contribution < -0.4 is 0 Å². The second kappa shape index (κ2) is 7.66. The summed E-state index contributed by atoms with van der Waals surface area (Å²) in [4.78, 5) is 0. The highest BCUT2D eigenvalue weighted by Crippen LogP contribution is 2.21. The van der Waals surface area contributed by atoms with Gasteiger partial charge in [0.25, 0.3) is 0 Å². The van der Waals surface area contributed by atoms with Crippen LogP contribution in [0.15, 0.2) is 36.4 Å². The van der Waals surface area contributed by atoms with Crippen molar-refractivity contribution >= 4 is 6.08 Å². The van der Waals surface area contributed by atoms with E-state index in [1.165, 1.54) is 12.1 Å². The van der Waals surface area contributed by atoms with Gasteiger partial charge in [0, 0.05) is 17.2 Å². The lowest BCUT2D eigenvalue weighted by Gasteiger charge is -2.03. The number of halogens is 1. The molecule has 0 saturated carbocycles. The topological polar surface area (TPSA) is 66.2 Å². The zero-order chi connectivity index (χ0) is 15.9. The smallest absolute Gasteiger partial charge is 0.230 e. The number of aromatic hydroxyl groups is 1. The first-order valence-corrected chi connectivity index (χ1v) is 7.23. The fraction of sp³-hybridized carbons (Fsp3) is 0.294. The Kier molecular flexibility index (Phi) is 5.61. The SMILES string of the molecule is CC(O)CCCC=Cc1ccc(-c2ccc(O)nn2)cc1F. The molecule has 2 N–H and O–H groups in total. The molecule has 1 atom stereocenters. The number of aliphatic hydroxyl groups is 1. The lowest BCUT2D eigenvalue weighted by molar-refractivity contribution is 0.182. The summed E-state index contributed by atoms with van der Waals surface area (Å²) in [6, 6.07) is 7.85. The minimum absolute atomic E-state index is 0.166. The van der Waals surface area contributed by atoms with Crippen molar-refractivity contribution in [1.82, 2.24) is 10.2 Å². The zero-order valence-electron chi connectivity index (χ0n) is 12.4. The number of aliphatic hydroxyl groups excluding tert-OH is 1. The Morgan fingerprint density at radius 2 is 2.05 bits per heavy atom. The second-order valence-corrected chi connectivity index (χ2v) is 5.20. The molecule has 1 aromatic carbocycles. The number of benzene rings is 1. The summed E-state index contributed by atoms with van der Waals surface area (Å²) in [5, 5.41) is 25.6. The third-order valence-corrected chi connectivity index (χ3v) is 3.24. The van der Waals surface area contributed by atoms with Gasteiger partial charge in [-0.3, -0.25) is 0 Å². The van der Waals surface area contributed by atoms with Crippen molar-refractivity contribution in [3.8, 4) is 17.1 Å². The molecule has 1 aromatic heterocycles. The monoisotopic (exact) mass is 302 g/mol. The van der Waals surface area contributed by atoms with E-state index in [1.807, 2.05) is 6.08 Å². The third kappa shape index (κ3) is 4.63. The van der Waals surface area contributed by atoms with Crippen molar-refractivity contribution in [2.75, 3.05) is 0 Å². The van der Waals surface area contributed by atoms with Crippen molar-refractivity contribution < 1.29 is 14.6 Å². The number of allylic oxidation sites excluding steroid dienone is 1. The van der Waals surface area contributed by atoms with Crippen LogP contribution in [0.1, 0.15) is 31.7 Å². The summed E-state index contributed by atoms with van der Waals surface area (Å²) in [7, 11) is 0. The molecule has 0 fully saturated rings. The van der Waals surface area contributed by atoms with E-state index in [9.17, 15) is 4.39 Å². The van der Waals surface area contributed by atoms with Crippen LogP contribution in [0, 0.1) is 5.82 Å². The quantitative estimate of drug-likeness (QED) is 0.801. The van der Waals surface area contributed by atoms with Crippen LogP contribution in [0.5, 0.6) is 5.88 Å². The van der Waals surface area contributed by atoms with Crippen LogP contribution >= 0.6 is 0 Å². The second-order valence-electron chi connectivity index (χ2n) is 5.20. The number of hydrogen-bond donors (Lipinski definition) is 2. The minimum Gasteiger partial charge on any atom is -0.492 e. The number of nitrogens with zero attached hydrogens (tertiary/aromatic N) is 2. The Bertz CT molecular complexity index is 640. The minimum atomic E-state index is -0.334. The van der Waals surface area contributed by atoms with Gasteiger partial charge in [-0.05, 0) is 38.3 Å². The Morgan fingerprint density at radius 3 is 2.68 bits per heavy atom. The summed E-state index contributed by atoms with van der Waals surface area (Å²) in [5.41, 5.74) is 1.62. The third-order valence-electron chi connectivity index (χ3n) is 3.24. The predicted octanol–water partition coefficient (Wildman–Crippen LogP) is 3.55. The van der Waals surface area contributed by atoms with Crippen LogP contribution in [-0.2, 0) is 0 Å². The van der Waals surface area contributed by atoms with Gasteiger partial charge in [0.15, 0.2) is 0 Å². The standard InChI is InChI=1S/C17H19FN2O2/c1-12(21)5-3-2-4-6-13-7-8-14(11-15(13)18)16-9-10-17(22)20-19-16/h4,6-12,21H,2-3,5H2,1H3,(H,20,22). The van der Waals surface area contributed by atoms with Gasteiger partial charge in [-0.25, -0.2) is 4.39 Å². The van der Waals surface area contributed by atoms with Crippen LogP contribution in [-0.4, -0.2) is 26.5 Å². The summed E-state index contributed by atoms with van der Waals surface area (Å²) in [6.45, 7) is 1.76. The Hall–Kier alpha value is -2.27. The average molecular weight is 302 g/mol. The molecule has 116 valence electrons. The van der Waals surface area contributed by atoms with Crippen LogP contribution in [0.3, 0.4) is 0 Å². The van der Waals surface area contributed by atoms with E-state index >= 15 is 0 Å². The van der Waals surface area contributed by atoms with Crippen molar-refractivity contribution in [1.29, 1.82) is 0 Å². The van der Waals surface area contributed by atoms with Crippen molar-refractivity contribution in [2.45, 2.75) is 32.3 Å². The Balaban J connectivity index is 2.03. The van der Waals surface area contributed by atoms with E-state index in [2.05, 4.69) is 10.2 Å². The van der Waals surface area contributed by atoms with Gasteiger partial charge in [0.2, 0.25) is 5.88 Å². The van der Waals surface area contributed by atoms with Crippen molar-refractivity contribution in [2.24, 2.45) is 0 Å². The van der Waals surface area contributed by atoms with Crippen LogP contribution in [0.4, 0.5) is 4.39 Å². The number of aromatic nitrogens is 2. The molecule has 0 aliphatic heterocycles. The van der Waals surface area contributed by atoms with Gasteiger partial charge < -0.3 is 10.2 Å². The first-order chi connectivity index (χ1) is 10.6. The molecular formula is C17H19FN2O2. The lowest BCUT2D eigenvalue weighted by Crippen LogP contribution is -1.97. The molecular weight excluding hydrogens is 283 g/mol. The number of hydrogen-bond acceptors (Lipinski definition) is 4. The maximum absolute atomic E-state index is 14.1. The molecule has 0 aliphatic carbocycles. The van der Waals surface area contributed by atoms with Gasteiger partial charge in [-0.15, -0.1) is 10.2 Å². The molecule has 0 amide bonds. The van der Waals surface area contributed by atoms with E-state index in [1.54, 1.807) is 31.2 Å². The Morgan fingerprint density at radius 1 is 1.23 bits per heavy atom. The molecule has 0 spiro atoms. The molecule has 0 radical (unpaired) electrons. The highest BCUT2D eigenvalue weighted by molar-refractivity contribution is 5.62. The van der Waals surface area contributed by atoms with Gasteiger partial charge in [0.05, 0.1) is 11.8 Å². The number of rotatable bonds is 6. The summed E-state index contributed by atoms with van der Waals surface area (Å²) in [6.07, 6.45) is 5.76. The molecule has 0 aliphatic rings. The molecule has 4 nitrogen and oxygen atoms in total. The van der Waals surface area contributed by atoms with E-state index in [4.69, 9.17) is 10.2 Å². The van der Waals surface area contributed by atoms with E-state index in [0.717, 1.165) is 19.3 Å². The molecule has 1 heterocycles. The zero-order valence-corrected chi connectivity index (χ0v) is 12.4. The summed E-state index contributed by atoms with van der Waals surface area (Å²) < 4.78 is 14.1. The van der Waals surface area contributed by atoms with E-state index < -0.39 is 0 Å². The first-order valence-electron chi connectivity index (χ1n) is 7.23. The average Bonchev–Trinajstić information content (AvgIpc) is 2.49. The highest BCUT2D eigenvalue weighted by Gasteiger charge is 2.05. The van der Waals surface area contributed by atoms with Gasteiger partial charge >= 0.3 is 0 Å². The Labute approximate surface area is 129 Å². The van der Waals surface area contributed by atoms with Crippen molar-refractivity contribution in [3.05, 3.63) is 47.8 Å². The highest BCUT2D eigenvalue weighted by atomic mass is 19.1. The normalized spacial score (nSPS) is 12.7. The fourth-order valence-corrected chi connectivity index (χ4v) is 2.04. The number of unbranched alkanes of at least 4 members (excludes halogenated alkanes) is 1. The van der Waals surface area contributed by atoms with Gasteiger partial charge in [-0.2, -0.15) is 0 Å². The van der Waals surface area contributed by atoms with Crippen LogP contribution in [0.2, 0.25) is 0 Å². The lowest BCUT2D eigenvalue weighted by atomic mass is 10.1.